The van der Waals surface area contributed by atoms with Gasteiger partial charge in [0.1, 0.15) is 11.4 Å². The number of hydrogen-bond donors (Lipinski definition) is 2. The Morgan fingerprint density at radius 1 is 1.07 bits per heavy atom. The lowest BCUT2D eigenvalue weighted by atomic mass is 10.2. The minimum atomic E-state index is -3.44. The number of fused-ring (bicyclic) bond motifs is 1. The maximum Gasteiger partial charge on any atom is 0.267 e. The van der Waals surface area contributed by atoms with Gasteiger partial charge >= 0.3 is 0 Å². The largest absolute Gasteiger partial charge is 0.497 e. The summed E-state index contributed by atoms with van der Waals surface area (Å²) in [4.78, 5) is 15.9. The summed E-state index contributed by atoms with van der Waals surface area (Å²) in [7, 11) is -1.84. The van der Waals surface area contributed by atoms with E-state index in [0.29, 0.717) is 30.2 Å². The number of nitrogens with zero attached hydrogens (tertiary/aromatic N) is 1. The second-order valence-electron chi connectivity index (χ2n) is 7.43. The van der Waals surface area contributed by atoms with Crippen LogP contribution in [-0.2, 0) is 16.6 Å². The van der Waals surface area contributed by atoms with Crippen LogP contribution in [0, 0.1) is 0 Å². The number of carbonyl (C=O) groups excluding carboxylic acids is 1. The molecule has 1 aromatic heterocycles. The molecule has 7 nitrogen and oxygen atoms in total. The van der Waals surface area contributed by atoms with E-state index >= 15 is 0 Å². The number of sulfonamides is 1. The Kier molecular flexibility index (Phi) is 5.78. The van der Waals surface area contributed by atoms with Gasteiger partial charge in [-0.3, -0.25) is 4.79 Å². The summed E-state index contributed by atoms with van der Waals surface area (Å²) in [5.74, 6) is 0.492. The molecule has 1 aliphatic rings. The zero-order valence-electron chi connectivity index (χ0n) is 16.8. The molecule has 158 valence electrons. The maximum atomic E-state index is 12.7. The SMILES string of the molecule is COc1ccc2cc(C(=O)NCc3ccc(S(=O)(=O)N4CCCCC4)cc3)[nH]c2c1. The highest BCUT2D eigenvalue weighted by Gasteiger charge is 2.25. The molecule has 1 amide bonds. The molecular formula is C22H25N3O4S. The van der Waals surface area contributed by atoms with Gasteiger partial charge in [0.25, 0.3) is 5.91 Å². The van der Waals surface area contributed by atoms with E-state index in [4.69, 9.17) is 4.74 Å². The van der Waals surface area contributed by atoms with Crippen molar-refractivity contribution < 1.29 is 17.9 Å². The van der Waals surface area contributed by atoms with Gasteiger partial charge in [-0.05, 0) is 48.7 Å². The second-order valence-corrected chi connectivity index (χ2v) is 9.37. The Balaban J connectivity index is 1.41. The van der Waals surface area contributed by atoms with Crippen molar-refractivity contribution in [2.75, 3.05) is 20.2 Å². The van der Waals surface area contributed by atoms with Crippen molar-refractivity contribution in [2.24, 2.45) is 0 Å². The fourth-order valence-corrected chi connectivity index (χ4v) is 5.18. The molecule has 2 N–H and O–H groups in total. The Labute approximate surface area is 176 Å². The number of rotatable bonds is 6. The Morgan fingerprint density at radius 3 is 2.50 bits per heavy atom. The summed E-state index contributed by atoms with van der Waals surface area (Å²) in [5, 5.41) is 3.79. The zero-order chi connectivity index (χ0) is 21.1. The molecule has 0 atom stereocenters. The molecule has 0 radical (unpaired) electrons. The van der Waals surface area contributed by atoms with Crippen LogP contribution in [-0.4, -0.2) is 43.8 Å². The fraction of sp³-hybridized carbons (Fsp3) is 0.318. The van der Waals surface area contributed by atoms with Crippen LogP contribution in [0.2, 0.25) is 0 Å². The van der Waals surface area contributed by atoms with E-state index < -0.39 is 10.0 Å². The minimum Gasteiger partial charge on any atom is -0.497 e. The predicted molar refractivity (Wildman–Crippen MR) is 115 cm³/mol. The normalized spacial score (nSPS) is 15.2. The fourth-order valence-electron chi connectivity index (χ4n) is 3.67. The van der Waals surface area contributed by atoms with Gasteiger partial charge < -0.3 is 15.0 Å². The third kappa shape index (κ3) is 4.20. The highest BCUT2D eigenvalue weighted by atomic mass is 32.2. The van der Waals surface area contributed by atoms with Crippen molar-refractivity contribution in [3.05, 3.63) is 59.8 Å². The highest BCUT2D eigenvalue weighted by Crippen LogP contribution is 2.22. The van der Waals surface area contributed by atoms with E-state index in [2.05, 4.69) is 10.3 Å². The Morgan fingerprint density at radius 2 is 1.80 bits per heavy atom. The molecule has 1 saturated heterocycles. The first-order valence-corrected chi connectivity index (χ1v) is 11.5. The first-order chi connectivity index (χ1) is 14.5. The number of benzene rings is 2. The summed E-state index contributed by atoms with van der Waals surface area (Å²) in [6.45, 7) is 1.47. The topological polar surface area (TPSA) is 91.5 Å². The van der Waals surface area contributed by atoms with Gasteiger partial charge in [-0.1, -0.05) is 18.6 Å². The summed E-state index contributed by atoms with van der Waals surface area (Å²) in [6.07, 6.45) is 2.89. The molecule has 8 heteroatoms. The van der Waals surface area contributed by atoms with Gasteiger partial charge in [0, 0.05) is 36.6 Å². The van der Waals surface area contributed by atoms with Crippen LogP contribution in [0.25, 0.3) is 10.9 Å². The van der Waals surface area contributed by atoms with Gasteiger partial charge in [0.15, 0.2) is 0 Å². The van der Waals surface area contributed by atoms with Gasteiger partial charge in [-0.25, -0.2) is 8.42 Å². The molecule has 1 fully saturated rings. The van der Waals surface area contributed by atoms with Gasteiger partial charge in [0.2, 0.25) is 10.0 Å². The van der Waals surface area contributed by atoms with E-state index in [1.807, 2.05) is 18.2 Å². The molecular weight excluding hydrogens is 402 g/mol. The number of nitrogens with one attached hydrogen (secondary N) is 2. The van der Waals surface area contributed by atoms with E-state index in [9.17, 15) is 13.2 Å². The predicted octanol–water partition coefficient (Wildman–Crippen LogP) is 3.28. The van der Waals surface area contributed by atoms with Crippen LogP contribution in [0.1, 0.15) is 35.3 Å². The number of ether oxygens (including phenoxy) is 1. The van der Waals surface area contributed by atoms with Crippen LogP contribution in [0.3, 0.4) is 0 Å². The number of hydrogen-bond acceptors (Lipinski definition) is 4. The molecule has 2 aromatic carbocycles. The van der Waals surface area contributed by atoms with E-state index in [-0.39, 0.29) is 5.91 Å². The van der Waals surface area contributed by atoms with Crippen molar-refractivity contribution in [2.45, 2.75) is 30.7 Å². The van der Waals surface area contributed by atoms with Crippen LogP contribution < -0.4 is 10.1 Å². The van der Waals surface area contributed by atoms with E-state index in [1.54, 1.807) is 41.7 Å². The van der Waals surface area contributed by atoms with Crippen LogP contribution in [0.4, 0.5) is 0 Å². The number of carbonyl (C=O) groups is 1. The summed E-state index contributed by atoms with van der Waals surface area (Å²) in [5.41, 5.74) is 2.12. The molecule has 0 aliphatic carbocycles. The van der Waals surface area contributed by atoms with Crippen LogP contribution >= 0.6 is 0 Å². The van der Waals surface area contributed by atoms with Crippen LogP contribution in [0.15, 0.2) is 53.4 Å². The zero-order valence-corrected chi connectivity index (χ0v) is 17.7. The van der Waals surface area contributed by atoms with Crippen molar-refractivity contribution in [1.82, 2.24) is 14.6 Å². The quantitative estimate of drug-likeness (QED) is 0.632. The molecule has 2 heterocycles. The molecule has 0 saturated carbocycles. The molecule has 1 aliphatic heterocycles. The molecule has 30 heavy (non-hydrogen) atoms. The molecule has 3 aromatic rings. The lowest BCUT2D eigenvalue weighted by molar-refractivity contribution is 0.0946. The number of aromatic nitrogens is 1. The first kappa shape index (κ1) is 20.4. The molecule has 0 spiro atoms. The maximum absolute atomic E-state index is 12.7. The number of piperidine rings is 1. The third-order valence-corrected chi connectivity index (χ3v) is 7.32. The number of amides is 1. The van der Waals surface area contributed by atoms with Gasteiger partial charge in [-0.2, -0.15) is 4.31 Å². The second kappa shape index (κ2) is 8.49. The van der Waals surface area contributed by atoms with Gasteiger partial charge in [-0.15, -0.1) is 0 Å². The smallest absolute Gasteiger partial charge is 0.267 e. The summed E-state index contributed by atoms with van der Waals surface area (Å²) < 4.78 is 32.2. The Hall–Kier alpha value is -2.84. The monoisotopic (exact) mass is 427 g/mol. The van der Waals surface area contributed by atoms with E-state index in [0.717, 1.165) is 41.5 Å². The lowest BCUT2D eigenvalue weighted by Crippen LogP contribution is -2.35. The summed E-state index contributed by atoms with van der Waals surface area (Å²) >= 11 is 0. The Bertz CT molecular complexity index is 1150. The van der Waals surface area contributed by atoms with Crippen molar-refractivity contribution in [1.29, 1.82) is 0 Å². The van der Waals surface area contributed by atoms with Crippen molar-refractivity contribution in [3.63, 3.8) is 0 Å². The average molecular weight is 428 g/mol. The molecule has 0 bridgehead atoms. The van der Waals surface area contributed by atoms with Crippen molar-refractivity contribution >= 4 is 26.8 Å². The van der Waals surface area contributed by atoms with Crippen LogP contribution in [0.5, 0.6) is 5.75 Å². The number of aromatic amines is 1. The molecule has 0 unspecified atom stereocenters. The van der Waals surface area contributed by atoms with Crippen molar-refractivity contribution in [3.8, 4) is 5.75 Å². The number of methoxy groups -OCH3 is 1. The highest BCUT2D eigenvalue weighted by molar-refractivity contribution is 7.89. The lowest BCUT2D eigenvalue weighted by Gasteiger charge is -2.25. The van der Waals surface area contributed by atoms with E-state index in [1.165, 1.54) is 0 Å². The summed E-state index contributed by atoms with van der Waals surface area (Å²) in [6, 6.07) is 14.1. The molecule has 4 rings (SSSR count). The van der Waals surface area contributed by atoms with Gasteiger partial charge in [0.05, 0.1) is 12.0 Å². The third-order valence-electron chi connectivity index (χ3n) is 5.40. The first-order valence-electron chi connectivity index (χ1n) is 10.0. The average Bonchev–Trinajstić information content (AvgIpc) is 3.21. The standard InChI is InChI=1S/C22H25N3O4S/c1-29-18-8-7-17-13-21(24-20(17)14-18)22(26)23-15-16-5-9-19(10-6-16)30(27,28)25-11-3-2-4-12-25/h5-10,13-14,24H,2-4,11-12,15H2,1H3,(H,23,26). The minimum absolute atomic E-state index is 0.227. The number of H-pyrrole nitrogens is 1.